The Labute approximate surface area is 136 Å². The summed E-state index contributed by atoms with van der Waals surface area (Å²) >= 11 is 1.64. The van der Waals surface area contributed by atoms with E-state index in [1.54, 1.807) is 25.2 Å². The van der Waals surface area contributed by atoms with Gasteiger partial charge in [-0.2, -0.15) is 0 Å². The van der Waals surface area contributed by atoms with E-state index in [2.05, 4.69) is 9.88 Å². The van der Waals surface area contributed by atoms with Gasteiger partial charge in [-0.05, 0) is 20.3 Å². The average Bonchev–Trinajstić information content (AvgIpc) is 2.72. The maximum atomic E-state index is 12.1. The predicted octanol–water partition coefficient (Wildman–Crippen LogP) is 1.76. The number of nitrogens with two attached hydrogens (primary N) is 1. The molecule has 1 aliphatic heterocycles. The number of amides is 1. The molecule has 2 rings (SSSR count). The lowest BCUT2D eigenvalue weighted by Crippen LogP contribution is -2.52. The third kappa shape index (κ3) is 4.77. The van der Waals surface area contributed by atoms with Gasteiger partial charge in [-0.15, -0.1) is 36.2 Å². The van der Waals surface area contributed by atoms with E-state index in [-0.39, 0.29) is 30.7 Å². The monoisotopic (exact) mass is 340 g/mol. The van der Waals surface area contributed by atoms with Crippen molar-refractivity contribution in [3.05, 3.63) is 11.6 Å². The topological polar surface area (TPSA) is 62.5 Å². The number of anilines is 1. The minimum absolute atomic E-state index is 0. The van der Waals surface area contributed by atoms with E-state index in [0.717, 1.165) is 37.7 Å². The van der Waals surface area contributed by atoms with Crippen LogP contribution in [0.25, 0.3) is 0 Å². The molecule has 0 spiro atoms. The van der Waals surface area contributed by atoms with Gasteiger partial charge in [0.25, 0.3) is 0 Å². The second-order valence-corrected chi connectivity index (χ2v) is 6.04. The first-order valence-corrected chi connectivity index (χ1v) is 7.09. The zero-order valence-corrected chi connectivity index (χ0v) is 14.2. The van der Waals surface area contributed by atoms with Crippen LogP contribution >= 0.6 is 36.2 Å². The standard InChI is InChI=1S/C12H20N4OS.2ClH/c1-12(2,13)10(17)15-5-3-6-16(8-7-15)11-14-4-9-18-11;;/h4,9H,3,5-8,13H2,1-2H3;2*1H. The van der Waals surface area contributed by atoms with Gasteiger partial charge in [0, 0.05) is 37.8 Å². The van der Waals surface area contributed by atoms with E-state index in [1.807, 2.05) is 16.5 Å². The maximum Gasteiger partial charge on any atom is 0.242 e. The first-order valence-electron chi connectivity index (χ1n) is 6.21. The summed E-state index contributed by atoms with van der Waals surface area (Å²) in [5, 5.41) is 3.02. The highest BCUT2D eigenvalue weighted by atomic mass is 35.5. The van der Waals surface area contributed by atoms with Gasteiger partial charge in [0.1, 0.15) is 0 Å². The van der Waals surface area contributed by atoms with E-state index in [0.29, 0.717) is 0 Å². The fraction of sp³-hybridized carbons (Fsp3) is 0.667. The first-order chi connectivity index (χ1) is 8.48. The Morgan fingerprint density at radius 2 is 2.00 bits per heavy atom. The highest BCUT2D eigenvalue weighted by Crippen LogP contribution is 2.19. The SMILES string of the molecule is CC(C)(N)C(=O)N1CCCN(c2nccs2)CC1.Cl.Cl. The molecular formula is C12H22Cl2N4OS. The molecule has 0 aliphatic carbocycles. The molecule has 8 heteroatoms. The van der Waals surface area contributed by atoms with E-state index >= 15 is 0 Å². The number of rotatable bonds is 2. The van der Waals surface area contributed by atoms with Crippen LogP contribution in [0.15, 0.2) is 11.6 Å². The smallest absolute Gasteiger partial charge is 0.242 e. The summed E-state index contributed by atoms with van der Waals surface area (Å²) in [6.45, 7) is 6.80. The minimum Gasteiger partial charge on any atom is -0.346 e. The third-order valence-electron chi connectivity index (χ3n) is 3.02. The van der Waals surface area contributed by atoms with Gasteiger partial charge in [0.15, 0.2) is 5.13 Å². The van der Waals surface area contributed by atoms with Crippen molar-refractivity contribution < 1.29 is 4.79 Å². The summed E-state index contributed by atoms with van der Waals surface area (Å²) in [5.41, 5.74) is 5.09. The molecule has 0 unspecified atom stereocenters. The molecule has 5 nitrogen and oxygen atoms in total. The number of hydrogen-bond donors (Lipinski definition) is 1. The quantitative estimate of drug-likeness (QED) is 0.890. The molecule has 1 aromatic rings. The number of halogens is 2. The summed E-state index contributed by atoms with van der Waals surface area (Å²) in [6, 6.07) is 0. The molecule has 0 saturated carbocycles. The molecule has 116 valence electrons. The summed E-state index contributed by atoms with van der Waals surface area (Å²) in [5.74, 6) is 0.0310. The Morgan fingerprint density at radius 3 is 2.55 bits per heavy atom. The largest absolute Gasteiger partial charge is 0.346 e. The number of thiazole rings is 1. The van der Waals surface area contributed by atoms with E-state index in [9.17, 15) is 4.79 Å². The number of carbonyl (C=O) groups excluding carboxylic acids is 1. The molecule has 1 aromatic heterocycles. The van der Waals surface area contributed by atoms with Crippen molar-refractivity contribution in [2.45, 2.75) is 25.8 Å². The Kier molecular flexibility index (Phi) is 7.80. The lowest BCUT2D eigenvalue weighted by atomic mass is 10.1. The van der Waals surface area contributed by atoms with Crippen LogP contribution in [0.4, 0.5) is 5.13 Å². The van der Waals surface area contributed by atoms with Gasteiger partial charge < -0.3 is 15.5 Å². The van der Waals surface area contributed by atoms with Gasteiger partial charge in [0.05, 0.1) is 5.54 Å². The van der Waals surface area contributed by atoms with Crippen molar-refractivity contribution in [2.75, 3.05) is 31.1 Å². The molecule has 1 amide bonds. The van der Waals surface area contributed by atoms with Crippen LogP contribution in [0.1, 0.15) is 20.3 Å². The number of carbonyl (C=O) groups is 1. The molecule has 0 radical (unpaired) electrons. The number of aromatic nitrogens is 1. The van der Waals surface area contributed by atoms with E-state index < -0.39 is 5.54 Å². The lowest BCUT2D eigenvalue weighted by molar-refractivity contribution is -0.135. The molecule has 1 fully saturated rings. The van der Waals surface area contributed by atoms with E-state index in [4.69, 9.17) is 5.73 Å². The van der Waals surface area contributed by atoms with Crippen molar-refractivity contribution in [3.63, 3.8) is 0 Å². The van der Waals surface area contributed by atoms with Crippen molar-refractivity contribution in [1.82, 2.24) is 9.88 Å². The van der Waals surface area contributed by atoms with Crippen molar-refractivity contribution >= 4 is 47.2 Å². The summed E-state index contributed by atoms with van der Waals surface area (Å²) in [4.78, 5) is 20.6. The fourth-order valence-electron chi connectivity index (χ4n) is 2.09. The molecular weight excluding hydrogens is 319 g/mol. The molecule has 0 aromatic carbocycles. The summed E-state index contributed by atoms with van der Waals surface area (Å²) in [6.07, 6.45) is 2.78. The van der Waals surface area contributed by atoms with Crippen LogP contribution < -0.4 is 10.6 Å². The Bertz CT molecular complexity index is 408. The number of nitrogens with zero attached hydrogens (tertiary/aromatic N) is 3. The van der Waals surface area contributed by atoms with Gasteiger partial charge in [-0.3, -0.25) is 4.79 Å². The summed E-state index contributed by atoms with van der Waals surface area (Å²) in [7, 11) is 0. The molecule has 0 atom stereocenters. The Morgan fingerprint density at radius 1 is 1.30 bits per heavy atom. The van der Waals surface area contributed by atoms with Gasteiger partial charge >= 0.3 is 0 Å². The minimum atomic E-state index is -0.781. The van der Waals surface area contributed by atoms with Crippen LogP contribution in [-0.2, 0) is 4.79 Å². The molecule has 0 bridgehead atoms. The van der Waals surface area contributed by atoms with E-state index in [1.165, 1.54) is 0 Å². The normalized spacial score (nSPS) is 15.9. The molecule has 1 saturated heterocycles. The van der Waals surface area contributed by atoms with Crippen LogP contribution in [0.2, 0.25) is 0 Å². The highest BCUT2D eigenvalue weighted by molar-refractivity contribution is 7.13. The first kappa shape index (κ1) is 19.4. The van der Waals surface area contributed by atoms with Crippen LogP contribution in [0.5, 0.6) is 0 Å². The van der Waals surface area contributed by atoms with Gasteiger partial charge in [0.2, 0.25) is 5.91 Å². The van der Waals surface area contributed by atoms with Gasteiger partial charge in [-0.25, -0.2) is 4.98 Å². The van der Waals surface area contributed by atoms with Gasteiger partial charge in [-0.1, -0.05) is 0 Å². The van der Waals surface area contributed by atoms with Crippen molar-refractivity contribution in [2.24, 2.45) is 5.73 Å². The molecule has 20 heavy (non-hydrogen) atoms. The molecule has 2 N–H and O–H groups in total. The fourth-order valence-corrected chi connectivity index (χ4v) is 2.79. The zero-order chi connectivity index (χ0) is 13.2. The average molecular weight is 341 g/mol. The molecule has 1 aliphatic rings. The second-order valence-electron chi connectivity index (χ2n) is 5.17. The summed E-state index contributed by atoms with van der Waals surface area (Å²) < 4.78 is 0. The Balaban J connectivity index is 0.00000180. The lowest BCUT2D eigenvalue weighted by Gasteiger charge is -2.28. The van der Waals surface area contributed by atoms with Crippen molar-refractivity contribution in [1.29, 1.82) is 0 Å². The maximum absolute atomic E-state index is 12.1. The van der Waals surface area contributed by atoms with Crippen LogP contribution in [0.3, 0.4) is 0 Å². The highest BCUT2D eigenvalue weighted by Gasteiger charge is 2.29. The zero-order valence-electron chi connectivity index (χ0n) is 11.7. The molecule has 2 heterocycles. The Hall–Kier alpha value is -0.560. The number of hydrogen-bond acceptors (Lipinski definition) is 5. The second kappa shape index (κ2) is 8.02. The van der Waals surface area contributed by atoms with Crippen LogP contribution in [-0.4, -0.2) is 47.5 Å². The third-order valence-corrected chi connectivity index (χ3v) is 3.86. The van der Waals surface area contributed by atoms with Crippen molar-refractivity contribution in [3.8, 4) is 0 Å². The predicted molar refractivity (Wildman–Crippen MR) is 88.3 cm³/mol. The van der Waals surface area contributed by atoms with Crippen LogP contribution in [0, 0.1) is 0 Å².